The highest BCUT2D eigenvalue weighted by Crippen LogP contribution is 2.32. The van der Waals surface area contributed by atoms with E-state index in [1.54, 1.807) is 0 Å². The summed E-state index contributed by atoms with van der Waals surface area (Å²) in [6.45, 7) is 5.19. The number of anilines is 1. The van der Waals surface area contributed by atoms with Gasteiger partial charge in [0.15, 0.2) is 0 Å². The van der Waals surface area contributed by atoms with E-state index in [9.17, 15) is 0 Å². The number of aromatic nitrogens is 2. The van der Waals surface area contributed by atoms with Gasteiger partial charge in [-0.25, -0.2) is 4.98 Å². The van der Waals surface area contributed by atoms with Crippen LogP contribution in [0.3, 0.4) is 0 Å². The summed E-state index contributed by atoms with van der Waals surface area (Å²) in [6.07, 6.45) is 1.06. The first-order valence-electron chi connectivity index (χ1n) is 7.13. The predicted molar refractivity (Wildman–Crippen MR) is 92.3 cm³/mol. The zero-order valence-corrected chi connectivity index (χ0v) is 13.8. The van der Waals surface area contributed by atoms with Crippen molar-refractivity contribution in [3.05, 3.63) is 46.4 Å². The summed E-state index contributed by atoms with van der Waals surface area (Å²) >= 11 is 3.52. The first-order valence-corrected chi connectivity index (χ1v) is 7.92. The Labute approximate surface area is 132 Å². The van der Waals surface area contributed by atoms with Gasteiger partial charge in [-0.2, -0.15) is 0 Å². The van der Waals surface area contributed by atoms with Gasteiger partial charge in [0.1, 0.15) is 5.82 Å². The number of benzene rings is 2. The number of nitrogen functional groups attached to an aromatic ring is 1. The lowest BCUT2D eigenvalue weighted by molar-refractivity contribution is 0.704. The van der Waals surface area contributed by atoms with Gasteiger partial charge in [0.2, 0.25) is 0 Å². The molecule has 3 nitrogen and oxygen atoms in total. The molecule has 2 aromatic carbocycles. The van der Waals surface area contributed by atoms with E-state index in [4.69, 9.17) is 10.7 Å². The Morgan fingerprint density at radius 1 is 1.24 bits per heavy atom. The molecule has 0 radical (unpaired) electrons. The van der Waals surface area contributed by atoms with Crippen LogP contribution in [0.4, 0.5) is 5.69 Å². The van der Waals surface area contributed by atoms with E-state index in [-0.39, 0.29) is 0 Å². The second-order valence-electron chi connectivity index (χ2n) is 5.26. The minimum Gasteiger partial charge on any atom is -0.398 e. The Balaban J connectivity index is 2.33. The molecule has 0 saturated carbocycles. The van der Waals surface area contributed by atoms with E-state index in [0.717, 1.165) is 51.1 Å². The van der Waals surface area contributed by atoms with Crippen LogP contribution in [0.1, 0.15) is 18.9 Å². The summed E-state index contributed by atoms with van der Waals surface area (Å²) < 4.78 is 3.31. The summed E-state index contributed by atoms with van der Waals surface area (Å²) in [5.74, 6) is 0.959. The van der Waals surface area contributed by atoms with Crippen molar-refractivity contribution in [1.29, 1.82) is 0 Å². The van der Waals surface area contributed by atoms with Gasteiger partial charge in [-0.3, -0.25) is 0 Å². The number of fused-ring (bicyclic) bond motifs is 1. The minimum atomic E-state index is 0.779. The van der Waals surface area contributed by atoms with Gasteiger partial charge in [0, 0.05) is 22.3 Å². The van der Waals surface area contributed by atoms with Gasteiger partial charge in [-0.15, -0.1) is 0 Å². The van der Waals surface area contributed by atoms with Crippen LogP contribution in [-0.2, 0) is 6.54 Å². The molecule has 0 atom stereocenters. The lowest BCUT2D eigenvalue weighted by Gasteiger charge is -2.12. The Morgan fingerprint density at radius 2 is 2.05 bits per heavy atom. The topological polar surface area (TPSA) is 43.8 Å². The van der Waals surface area contributed by atoms with Crippen LogP contribution in [0.25, 0.3) is 22.4 Å². The number of hydrogen-bond acceptors (Lipinski definition) is 2. The van der Waals surface area contributed by atoms with Crippen molar-refractivity contribution < 1.29 is 0 Å². The van der Waals surface area contributed by atoms with Crippen LogP contribution in [0.5, 0.6) is 0 Å². The molecule has 0 aliphatic rings. The Bertz CT molecular complexity index is 785. The smallest absolute Gasteiger partial charge is 0.143 e. The highest BCUT2D eigenvalue weighted by atomic mass is 79.9. The molecule has 21 heavy (non-hydrogen) atoms. The van der Waals surface area contributed by atoms with Gasteiger partial charge < -0.3 is 10.3 Å². The average Bonchev–Trinajstić information content (AvgIpc) is 2.77. The molecule has 3 rings (SSSR count). The summed E-state index contributed by atoms with van der Waals surface area (Å²) in [5.41, 5.74) is 11.3. The summed E-state index contributed by atoms with van der Waals surface area (Å²) in [4.78, 5) is 4.84. The fourth-order valence-corrected chi connectivity index (χ4v) is 3.09. The first-order chi connectivity index (χ1) is 10.1. The molecule has 0 fully saturated rings. The third kappa shape index (κ3) is 2.44. The SMILES string of the molecule is CCCn1c(-c2c(C)cccc2N)nc2cc(Br)ccc21. The highest BCUT2D eigenvalue weighted by Gasteiger charge is 2.16. The number of halogens is 1. The molecule has 3 aromatic rings. The molecule has 4 heteroatoms. The summed E-state index contributed by atoms with van der Waals surface area (Å²) in [7, 11) is 0. The number of nitrogens with two attached hydrogens (primary N) is 1. The third-order valence-electron chi connectivity index (χ3n) is 3.69. The molecule has 108 valence electrons. The molecule has 0 saturated heterocycles. The monoisotopic (exact) mass is 343 g/mol. The van der Waals surface area contributed by atoms with Crippen molar-refractivity contribution in [2.75, 3.05) is 5.73 Å². The minimum absolute atomic E-state index is 0.779. The van der Waals surface area contributed by atoms with E-state index in [2.05, 4.69) is 58.6 Å². The maximum atomic E-state index is 6.21. The standard InChI is InChI=1S/C17H18BrN3/c1-3-9-21-15-8-7-12(18)10-14(15)20-17(21)16-11(2)5-4-6-13(16)19/h4-8,10H,3,9,19H2,1-2H3. The average molecular weight is 344 g/mol. The van der Waals surface area contributed by atoms with Gasteiger partial charge in [0.25, 0.3) is 0 Å². The van der Waals surface area contributed by atoms with Crippen LogP contribution in [0.2, 0.25) is 0 Å². The van der Waals surface area contributed by atoms with Crippen LogP contribution in [0.15, 0.2) is 40.9 Å². The fourth-order valence-electron chi connectivity index (χ4n) is 2.74. The number of nitrogens with zero attached hydrogens (tertiary/aromatic N) is 2. The van der Waals surface area contributed by atoms with Gasteiger partial charge in [-0.05, 0) is 43.2 Å². The van der Waals surface area contributed by atoms with Crippen LogP contribution < -0.4 is 5.73 Å². The molecule has 0 aliphatic heterocycles. The molecular weight excluding hydrogens is 326 g/mol. The maximum absolute atomic E-state index is 6.21. The van der Waals surface area contributed by atoms with Crippen LogP contribution >= 0.6 is 15.9 Å². The van der Waals surface area contributed by atoms with Gasteiger partial charge in [0.05, 0.1) is 11.0 Å². The van der Waals surface area contributed by atoms with Crippen LogP contribution in [0, 0.1) is 6.92 Å². The number of imidazole rings is 1. The fraction of sp³-hybridized carbons (Fsp3) is 0.235. The lowest BCUT2D eigenvalue weighted by atomic mass is 10.1. The molecule has 1 heterocycles. The van der Waals surface area contributed by atoms with Crippen LogP contribution in [-0.4, -0.2) is 9.55 Å². The molecule has 0 amide bonds. The molecular formula is C17H18BrN3. The van der Waals surface area contributed by atoms with E-state index in [1.807, 2.05) is 12.1 Å². The Morgan fingerprint density at radius 3 is 2.76 bits per heavy atom. The highest BCUT2D eigenvalue weighted by molar-refractivity contribution is 9.10. The Hall–Kier alpha value is -1.81. The van der Waals surface area contributed by atoms with Crippen molar-refractivity contribution >= 4 is 32.7 Å². The second-order valence-corrected chi connectivity index (χ2v) is 6.17. The molecule has 1 aromatic heterocycles. The third-order valence-corrected chi connectivity index (χ3v) is 4.18. The lowest BCUT2D eigenvalue weighted by Crippen LogP contribution is -2.03. The van der Waals surface area contributed by atoms with Gasteiger partial charge in [-0.1, -0.05) is 35.0 Å². The molecule has 0 bridgehead atoms. The molecule has 0 aliphatic carbocycles. The zero-order chi connectivity index (χ0) is 15.0. The zero-order valence-electron chi connectivity index (χ0n) is 12.2. The van der Waals surface area contributed by atoms with E-state index in [0.29, 0.717) is 0 Å². The number of aryl methyl sites for hydroxylation is 2. The largest absolute Gasteiger partial charge is 0.398 e. The van der Waals surface area contributed by atoms with Crippen molar-refractivity contribution in [2.24, 2.45) is 0 Å². The second kappa shape index (κ2) is 5.53. The molecule has 0 unspecified atom stereocenters. The predicted octanol–water partition coefficient (Wildman–Crippen LogP) is 4.77. The quantitative estimate of drug-likeness (QED) is 0.696. The van der Waals surface area contributed by atoms with Gasteiger partial charge >= 0.3 is 0 Å². The first kappa shape index (κ1) is 14.1. The van der Waals surface area contributed by atoms with E-state index < -0.39 is 0 Å². The van der Waals surface area contributed by atoms with Crippen molar-refractivity contribution in [2.45, 2.75) is 26.8 Å². The normalized spacial score (nSPS) is 11.2. The Kier molecular flexibility index (Phi) is 3.72. The van der Waals surface area contributed by atoms with Crippen molar-refractivity contribution in [3.8, 4) is 11.4 Å². The maximum Gasteiger partial charge on any atom is 0.143 e. The van der Waals surface area contributed by atoms with Crippen molar-refractivity contribution in [1.82, 2.24) is 9.55 Å². The molecule has 2 N–H and O–H groups in total. The number of rotatable bonds is 3. The van der Waals surface area contributed by atoms with E-state index in [1.165, 1.54) is 0 Å². The van der Waals surface area contributed by atoms with E-state index >= 15 is 0 Å². The van der Waals surface area contributed by atoms with Crippen molar-refractivity contribution in [3.63, 3.8) is 0 Å². The number of hydrogen-bond donors (Lipinski definition) is 1. The summed E-state index contributed by atoms with van der Waals surface area (Å²) in [5, 5.41) is 0. The molecule has 0 spiro atoms. The summed E-state index contributed by atoms with van der Waals surface area (Å²) in [6, 6.07) is 12.2.